The summed E-state index contributed by atoms with van der Waals surface area (Å²) in [6.45, 7) is 6.47. The topological polar surface area (TPSA) is 81.2 Å². The van der Waals surface area contributed by atoms with Crippen molar-refractivity contribution >= 4 is 91.8 Å². The van der Waals surface area contributed by atoms with E-state index in [0.29, 0.717) is 61.3 Å². The predicted octanol–water partition coefficient (Wildman–Crippen LogP) is 10.6. The van der Waals surface area contributed by atoms with Crippen molar-refractivity contribution in [1.29, 1.82) is 0 Å². The summed E-state index contributed by atoms with van der Waals surface area (Å²) >= 11 is 6.22. The van der Waals surface area contributed by atoms with Gasteiger partial charge in [-0.3, -0.25) is 19.2 Å². The number of hydrogen-bond donors (Lipinski definition) is 0. The van der Waals surface area contributed by atoms with Gasteiger partial charge in [-0.25, -0.2) is 0 Å². The van der Waals surface area contributed by atoms with Crippen LogP contribution in [0.5, 0.6) is 0 Å². The first-order valence-corrected chi connectivity index (χ1v) is 23.9. The Hall–Kier alpha value is -4.36. The van der Waals surface area contributed by atoms with E-state index >= 15 is 0 Å². The zero-order valence-corrected chi connectivity index (χ0v) is 35.9. The summed E-state index contributed by atoms with van der Waals surface area (Å²) in [7, 11) is 0. The Morgan fingerprint density at radius 1 is 0.368 bits per heavy atom. The molecule has 8 nitrogen and oxygen atoms in total. The van der Waals surface area contributed by atoms with Gasteiger partial charge in [-0.15, -0.1) is 45.3 Å². The average molecular weight is 837 g/mol. The van der Waals surface area contributed by atoms with E-state index in [9.17, 15) is 19.2 Å². The zero-order chi connectivity index (χ0) is 39.5. The van der Waals surface area contributed by atoms with Crippen LogP contribution < -0.4 is 0 Å². The summed E-state index contributed by atoms with van der Waals surface area (Å²) in [6, 6.07) is 15.9. The molecule has 0 aliphatic carbocycles. The molecule has 8 rings (SSSR count). The van der Waals surface area contributed by atoms with Crippen molar-refractivity contribution in [3.63, 3.8) is 0 Å². The van der Waals surface area contributed by atoms with Crippen LogP contribution >= 0.6 is 45.3 Å². The minimum atomic E-state index is -0.112. The molecule has 4 aliphatic rings. The number of hydrogen-bond acceptors (Lipinski definition) is 8. The van der Waals surface area contributed by atoms with Crippen molar-refractivity contribution in [2.75, 3.05) is 26.2 Å². The van der Waals surface area contributed by atoms with E-state index in [1.54, 1.807) is 45.3 Å². The highest BCUT2D eigenvalue weighted by molar-refractivity contribution is 7.12. The van der Waals surface area contributed by atoms with Gasteiger partial charge in [-0.05, 0) is 77.9 Å². The third-order valence-electron chi connectivity index (χ3n) is 11.1. The molecule has 0 N–H and O–H groups in total. The molecule has 0 aromatic carbocycles. The first-order chi connectivity index (χ1) is 28.0. The third-order valence-corrected chi connectivity index (χ3v) is 14.6. The third kappa shape index (κ3) is 7.34. The monoisotopic (exact) mass is 836 g/mol. The molecule has 4 aromatic heterocycles. The number of carbonyl (C=O) groups is 4. The Bertz CT molecular complexity index is 2090. The van der Waals surface area contributed by atoms with E-state index in [1.165, 1.54) is 0 Å². The van der Waals surface area contributed by atoms with E-state index in [-0.39, 0.29) is 23.6 Å². The molecule has 0 spiro atoms. The second kappa shape index (κ2) is 17.6. The fraction of sp³-hybridized carbons (Fsp3) is 0.378. The lowest BCUT2D eigenvalue weighted by Gasteiger charge is -2.25. The minimum Gasteiger partial charge on any atom is -0.306 e. The maximum absolute atomic E-state index is 14.5. The summed E-state index contributed by atoms with van der Waals surface area (Å²) in [6.07, 6.45) is 10.5. The highest BCUT2D eigenvalue weighted by Crippen LogP contribution is 2.50. The standard InChI is InChI=1S/C45H48N4O4S4/c1-3-5-7-10-22-46-38(30-18-14-26-54-30)34-36(42(46)50)40(32-20-16-28-56-32)48(44(34)52)24-12-9-13-25-49-41(33-21-17-29-57-33)37-35(45(49)53)39(31-19-15-27-55-31)47(43(37)51)23-11-8-6-4-2/h14-21,26-29H,3-13,22-25H2,1-2H3. The van der Waals surface area contributed by atoms with Crippen molar-refractivity contribution in [1.82, 2.24) is 19.6 Å². The van der Waals surface area contributed by atoms with Gasteiger partial charge in [0, 0.05) is 26.2 Å². The molecule has 8 heterocycles. The average Bonchev–Trinajstić information content (AvgIpc) is 4.07. The second-order valence-corrected chi connectivity index (χ2v) is 18.6. The highest BCUT2D eigenvalue weighted by atomic mass is 32.1. The van der Waals surface area contributed by atoms with Gasteiger partial charge in [0.05, 0.1) is 64.6 Å². The molecule has 296 valence electrons. The minimum absolute atomic E-state index is 0.0818. The Morgan fingerprint density at radius 2 is 0.614 bits per heavy atom. The van der Waals surface area contributed by atoms with Crippen LogP contribution in [0.1, 0.15) is 104 Å². The molecule has 0 saturated carbocycles. The number of fused-ring (bicyclic) bond motifs is 2. The SMILES string of the molecule is CCCCCCN1C(=O)C2=C(c3cccs3)N(CCCCCN3C(=O)C4=C(c5cccs5)N(CCCCCC)C(=O)C4=C3c3cccs3)C(=O)C2=C1c1cccs1. The van der Waals surface area contributed by atoms with Crippen LogP contribution in [0.15, 0.2) is 92.3 Å². The molecule has 0 unspecified atom stereocenters. The van der Waals surface area contributed by atoms with Gasteiger partial charge in [0.25, 0.3) is 23.6 Å². The predicted molar refractivity (Wildman–Crippen MR) is 234 cm³/mol. The number of nitrogens with zero attached hydrogens (tertiary/aromatic N) is 4. The van der Waals surface area contributed by atoms with Gasteiger partial charge in [0.1, 0.15) is 0 Å². The lowest BCUT2D eigenvalue weighted by Crippen LogP contribution is -2.31. The molecule has 12 heteroatoms. The Balaban J connectivity index is 1.02. The van der Waals surface area contributed by atoms with Gasteiger partial charge in [0.2, 0.25) is 0 Å². The number of amides is 4. The molecule has 57 heavy (non-hydrogen) atoms. The van der Waals surface area contributed by atoms with Crippen molar-refractivity contribution in [2.24, 2.45) is 0 Å². The summed E-state index contributed by atoms with van der Waals surface area (Å²) in [5, 5.41) is 7.99. The molecule has 0 atom stereocenters. The summed E-state index contributed by atoms with van der Waals surface area (Å²) < 4.78 is 0. The Morgan fingerprint density at radius 3 is 0.825 bits per heavy atom. The summed E-state index contributed by atoms with van der Waals surface area (Å²) in [5.74, 6) is -0.387. The lowest BCUT2D eigenvalue weighted by atomic mass is 10.1. The van der Waals surface area contributed by atoms with Gasteiger partial charge in [-0.2, -0.15) is 0 Å². The molecule has 0 saturated heterocycles. The van der Waals surface area contributed by atoms with Crippen LogP contribution in [0.25, 0.3) is 22.8 Å². The quantitative estimate of drug-likeness (QED) is 0.0831. The number of carbonyl (C=O) groups excluding carboxylic acids is 4. The smallest absolute Gasteiger partial charge is 0.261 e. The fourth-order valence-corrected chi connectivity index (χ4v) is 11.6. The van der Waals surface area contributed by atoms with E-state index in [4.69, 9.17) is 0 Å². The molecular formula is C45H48N4O4S4. The van der Waals surface area contributed by atoms with Crippen LogP contribution in [-0.4, -0.2) is 69.4 Å². The van der Waals surface area contributed by atoms with Crippen LogP contribution in [-0.2, 0) is 19.2 Å². The summed E-state index contributed by atoms with van der Waals surface area (Å²) in [5.41, 5.74) is 5.06. The van der Waals surface area contributed by atoms with E-state index in [1.807, 2.05) is 89.7 Å². The number of rotatable bonds is 20. The van der Waals surface area contributed by atoms with Crippen molar-refractivity contribution in [3.05, 3.63) is 112 Å². The maximum Gasteiger partial charge on any atom is 0.261 e. The number of thiophene rings is 4. The largest absolute Gasteiger partial charge is 0.306 e. The van der Waals surface area contributed by atoms with Crippen molar-refractivity contribution in [2.45, 2.75) is 84.5 Å². The molecule has 0 radical (unpaired) electrons. The Kier molecular flexibility index (Phi) is 12.2. The first kappa shape index (κ1) is 39.5. The van der Waals surface area contributed by atoms with Gasteiger partial charge in [0.15, 0.2) is 0 Å². The molecule has 4 amide bonds. The fourth-order valence-electron chi connectivity index (χ4n) is 8.43. The van der Waals surface area contributed by atoms with Gasteiger partial charge in [-0.1, -0.05) is 76.6 Å². The van der Waals surface area contributed by atoms with Crippen LogP contribution in [0.4, 0.5) is 0 Å². The van der Waals surface area contributed by atoms with Crippen LogP contribution in [0.3, 0.4) is 0 Å². The molecule has 4 aromatic rings. The van der Waals surface area contributed by atoms with Crippen molar-refractivity contribution in [3.8, 4) is 0 Å². The molecule has 4 aliphatic heterocycles. The molecule has 0 bridgehead atoms. The maximum atomic E-state index is 14.5. The summed E-state index contributed by atoms with van der Waals surface area (Å²) in [4.78, 5) is 68.7. The molecular weight excluding hydrogens is 789 g/mol. The highest BCUT2D eigenvalue weighted by Gasteiger charge is 2.50. The Labute approximate surface area is 351 Å². The van der Waals surface area contributed by atoms with E-state index in [2.05, 4.69) is 13.8 Å². The van der Waals surface area contributed by atoms with Crippen LogP contribution in [0, 0.1) is 0 Å². The normalized spacial score (nSPS) is 17.0. The van der Waals surface area contributed by atoms with E-state index in [0.717, 1.165) is 100 Å². The second-order valence-electron chi connectivity index (χ2n) is 14.8. The number of unbranched alkanes of at least 4 members (excludes halogenated alkanes) is 8. The van der Waals surface area contributed by atoms with Crippen LogP contribution in [0.2, 0.25) is 0 Å². The lowest BCUT2D eigenvalue weighted by molar-refractivity contribution is -0.124. The molecule has 0 fully saturated rings. The van der Waals surface area contributed by atoms with Crippen molar-refractivity contribution < 1.29 is 19.2 Å². The first-order valence-electron chi connectivity index (χ1n) is 20.4. The van der Waals surface area contributed by atoms with Gasteiger partial charge >= 0.3 is 0 Å². The van der Waals surface area contributed by atoms with Gasteiger partial charge < -0.3 is 19.6 Å². The van der Waals surface area contributed by atoms with E-state index < -0.39 is 0 Å². The zero-order valence-electron chi connectivity index (χ0n) is 32.6.